The standard InChI is InChI=1S/C13H11BrCl2S/c1-8-4-5-17-13(8)10(14)6-9-2-3-11(15)12(16)7-9/h2-5,7,10H,6H2,1H3. The van der Waals surface area contributed by atoms with Crippen molar-refractivity contribution >= 4 is 50.5 Å². The van der Waals surface area contributed by atoms with Crippen molar-refractivity contribution in [3.05, 3.63) is 55.7 Å². The summed E-state index contributed by atoms with van der Waals surface area (Å²) in [6, 6.07) is 7.94. The Hall–Kier alpha value is -0.0200. The van der Waals surface area contributed by atoms with Crippen LogP contribution in [0.3, 0.4) is 0 Å². The van der Waals surface area contributed by atoms with Crippen LogP contribution in [0.25, 0.3) is 0 Å². The molecule has 0 N–H and O–H groups in total. The van der Waals surface area contributed by atoms with Crippen molar-refractivity contribution in [2.75, 3.05) is 0 Å². The van der Waals surface area contributed by atoms with Gasteiger partial charge in [0.25, 0.3) is 0 Å². The summed E-state index contributed by atoms with van der Waals surface area (Å²) in [6.07, 6.45) is 0.915. The second-order valence-corrected chi connectivity index (χ2v) is 6.76. The summed E-state index contributed by atoms with van der Waals surface area (Å²) in [4.78, 5) is 1.70. The van der Waals surface area contributed by atoms with Gasteiger partial charge in [-0.2, -0.15) is 0 Å². The minimum Gasteiger partial charge on any atom is -0.147 e. The van der Waals surface area contributed by atoms with Gasteiger partial charge in [-0.05, 0) is 48.1 Å². The molecule has 0 bridgehead atoms. The summed E-state index contributed by atoms with van der Waals surface area (Å²) >= 11 is 17.4. The quantitative estimate of drug-likeness (QED) is 0.592. The van der Waals surface area contributed by atoms with E-state index in [0.29, 0.717) is 14.9 Å². The number of hydrogen-bond donors (Lipinski definition) is 0. The SMILES string of the molecule is Cc1ccsc1C(Br)Cc1ccc(Cl)c(Cl)c1. The average molecular weight is 350 g/mol. The van der Waals surface area contributed by atoms with E-state index in [2.05, 4.69) is 34.3 Å². The summed E-state index contributed by atoms with van der Waals surface area (Å²) in [7, 11) is 0. The second-order valence-electron chi connectivity index (χ2n) is 3.89. The first-order valence-corrected chi connectivity index (χ1v) is 7.75. The predicted octanol–water partition coefficient (Wildman–Crippen LogP) is 6.04. The van der Waals surface area contributed by atoms with Crippen molar-refractivity contribution in [1.29, 1.82) is 0 Å². The molecule has 1 aromatic heterocycles. The van der Waals surface area contributed by atoms with Crippen LogP contribution in [0.15, 0.2) is 29.6 Å². The molecule has 0 fully saturated rings. The van der Waals surface area contributed by atoms with Gasteiger partial charge >= 0.3 is 0 Å². The Kier molecular flexibility index (Phi) is 4.53. The molecule has 90 valence electrons. The van der Waals surface area contributed by atoms with Crippen molar-refractivity contribution in [3.63, 3.8) is 0 Å². The summed E-state index contributed by atoms with van der Waals surface area (Å²) in [6.45, 7) is 2.13. The van der Waals surface area contributed by atoms with Crippen LogP contribution in [0.4, 0.5) is 0 Å². The first-order chi connectivity index (χ1) is 8.08. The molecule has 0 aliphatic heterocycles. The van der Waals surface area contributed by atoms with Gasteiger partial charge in [0, 0.05) is 4.88 Å². The summed E-state index contributed by atoms with van der Waals surface area (Å²) < 4.78 is 0. The molecule has 4 heteroatoms. The third-order valence-electron chi connectivity index (χ3n) is 2.59. The zero-order valence-electron chi connectivity index (χ0n) is 9.21. The highest BCUT2D eigenvalue weighted by Crippen LogP contribution is 2.34. The van der Waals surface area contributed by atoms with Crippen LogP contribution in [-0.4, -0.2) is 0 Å². The number of rotatable bonds is 3. The van der Waals surface area contributed by atoms with Crippen molar-refractivity contribution in [1.82, 2.24) is 0 Å². The van der Waals surface area contributed by atoms with E-state index in [4.69, 9.17) is 23.2 Å². The van der Waals surface area contributed by atoms with Crippen LogP contribution >= 0.6 is 50.5 Å². The summed E-state index contributed by atoms with van der Waals surface area (Å²) in [5.41, 5.74) is 2.52. The lowest BCUT2D eigenvalue weighted by Crippen LogP contribution is -1.94. The fourth-order valence-electron chi connectivity index (χ4n) is 1.67. The zero-order valence-corrected chi connectivity index (χ0v) is 13.1. The van der Waals surface area contributed by atoms with Gasteiger partial charge < -0.3 is 0 Å². The molecule has 0 amide bonds. The molecule has 1 atom stereocenters. The number of aryl methyl sites for hydroxylation is 1. The number of hydrogen-bond acceptors (Lipinski definition) is 1. The van der Waals surface area contributed by atoms with Gasteiger partial charge in [0.2, 0.25) is 0 Å². The van der Waals surface area contributed by atoms with Crippen molar-refractivity contribution in [2.24, 2.45) is 0 Å². The van der Waals surface area contributed by atoms with E-state index >= 15 is 0 Å². The lowest BCUT2D eigenvalue weighted by atomic mass is 10.1. The van der Waals surface area contributed by atoms with Gasteiger partial charge in [-0.1, -0.05) is 45.2 Å². The van der Waals surface area contributed by atoms with Gasteiger partial charge in [0.15, 0.2) is 0 Å². The highest BCUT2D eigenvalue weighted by Gasteiger charge is 2.13. The summed E-state index contributed by atoms with van der Waals surface area (Å²) in [5.74, 6) is 0. The third kappa shape index (κ3) is 3.25. The van der Waals surface area contributed by atoms with E-state index < -0.39 is 0 Å². The lowest BCUT2D eigenvalue weighted by Gasteiger charge is -2.10. The molecule has 0 spiro atoms. The average Bonchev–Trinajstić information content (AvgIpc) is 2.70. The Morgan fingerprint density at radius 1 is 1.24 bits per heavy atom. The Bertz CT molecular complexity index is 522. The van der Waals surface area contributed by atoms with Crippen LogP contribution in [0, 0.1) is 6.92 Å². The van der Waals surface area contributed by atoms with Crippen molar-refractivity contribution < 1.29 is 0 Å². The number of thiophene rings is 1. The van der Waals surface area contributed by atoms with Crippen LogP contribution < -0.4 is 0 Å². The number of halogens is 3. The topological polar surface area (TPSA) is 0 Å². The number of benzene rings is 1. The maximum absolute atomic E-state index is 6.01. The number of alkyl halides is 1. The molecule has 0 nitrogen and oxygen atoms in total. The van der Waals surface area contributed by atoms with E-state index in [1.165, 1.54) is 16.0 Å². The van der Waals surface area contributed by atoms with Crippen LogP contribution in [-0.2, 0) is 6.42 Å². The van der Waals surface area contributed by atoms with Crippen LogP contribution in [0.2, 0.25) is 10.0 Å². The van der Waals surface area contributed by atoms with E-state index in [1.54, 1.807) is 11.3 Å². The molecule has 17 heavy (non-hydrogen) atoms. The normalized spacial score (nSPS) is 12.7. The molecule has 2 rings (SSSR count). The highest BCUT2D eigenvalue weighted by atomic mass is 79.9. The lowest BCUT2D eigenvalue weighted by molar-refractivity contribution is 0.961. The van der Waals surface area contributed by atoms with Gasteiger partial charge in [0.1, 0.15) is 0 Å². The summed E-state index contributed by atoms with van der Waals surface area (Å²) in [5, 5.41) is 3.34. The molecule has 1 unspecified atom stereocenters. The van der Waals surface area contributed by atoms with E-state index in [1.807, 2.05) is 18.2 Å². The van der Waals surface area contributed by atoms with E-state index in [9.17, 15) is 0 Å². The van der Waals surface area contributed by atoms with Crippen molar-refractivity contribution in [2.45, 2.75) is 18.2 Å². The molecular weight excluding hydrogens is 339 g/mol. The first-order valence-electron chi connectivity index (χ1n) is 5.20. The minimum absolute atomic E-state index is 0.333. The Morgan fingerprint density at radius 2 is 2.00 bits per heavy atom. The largest absolute Gasteiger partial charge is 0.147 e. The molecule has 1 aromatic carbocycles. The smallest absolute Gasteiger partial charge is 0.0595 e. The molecule has 1 heterocycles. The predicted molar refractivity (Wildman–Crippen MR) is 80.9 cm³/mol. The van der Waals surface area contributed by atoms with Gasteiger partial charge in [-0.25, -0.2) is 0 Å². The van der Waals surface area contributed by atoms with E-state index in [-0.39, 0.29) is 0 Å². The fraction of sp³-hybridized carbons (Fsp3) is 0.231. The monoisotopic (exact) mass is 348 g/mol. The molecule has 0 saturated carbocycles. The Labute approximate surface area is 124 Å². The fourth-order valence-corrected chi connectivity index (χ4v) is 3.95. The maximum Gasteiger partial charge on any atom is 0.0595 e. The molecular formula is C13H11BrCl2S. The molecule has 0 aliphatic rings. The minimum atomic E-state index is 0.333. The Balaban J connectivity index is 2.16. The highest BCUT2D eigenvalue weighted by molar-refractivity contribution is 9.09. The third-order valence-corrected chi connectivity index (χ3v) is 5.54. The second kappa shape index (κ2) is 5.75. The van der Waals surface area contributed by atoms with Crippen LogP contribution in [0.5, 0.6) is 0 Å². The zero-order chi connectivity index (χ0) is 12.4. The van der Waals surface area contributed by atoms with Gasteiger partial charge in [-0.3, -0.25) is 0 Å². The Morgan fingerprint density at radius 3 is 2.59 bits per heavy atom. The van der Waals surface area contributed by atoms with Gasteiger partial charge in [-0.15, -0.1) is 11.3 Å². The molecule has 0 saturated heterocycles. The van der Waals surface area contributed by atoms with E-state index in [0.717, 1.165) is 6.42 Å². The van der Waals surface area contributed by atoms with Crippen LogP contribution in [0.1, 0.15) is 20.8 Å². The molecule has 2 aromatic rings. The molecule has 0 radical (unpaired) electrons. The first kappa shape index (κ1) is 13.4. The van der Waals surface area contributed by atoms with Gasteiger partial charge in [0.05, 0.1) is 14.9 Å². The maximum atomic E-state index is 6.01. The molecule has 0 aliphatic carbocycles. The van der Waals surface area contributed by atoms with Crippen molar-refractivity contribution in [3.8, 4) is 0 Å².